The van der Waals surface area contributed by atoms with E-state index in [1.807, 2.05) is 0 Å². The van der Waals surface area contributed by atoms with Gasteiger partial charge in [-0.2, -0.15) is 13.2 Å². The zero-order valence-corrected chi connectivity index (χ0v) is 16.3. The third-order valence-electron chi connectivity index (χ3n) is 4.33. The van der Waals surface area contributed by atoms with Crippen LogP contribution in [0.3, 0.4) is 0 Å². The van der Waals surface area contributed by atoms with Gasteiger partial charge in [-0.1, -0.05) is 40.5 Å². The largest absolute Gasteiger partial charge is 0.461 e. The molecule has 4 nitrogen and oxygen atoms in total. The summed E-state index contributed by atoms with van der Waals surface area (Å²) in [5.41, 5.74) is -3.03. The lowest BCUT2D eigenvalue weighted by Gasteiger charge is -2.29. The first kappa shape index (κ1) is 21.4. The van der Waals surface area contributed by atoms with E-state index >= 15 is 0 Å². The van der Waals surface area contributed by atoms with Crippen molar-refractivity contribution in [1.82, 2.24) is 0 Å². The third kappa shape index (κ3) is 4.33. The Morgan fingerprint density at radius 1 is 1.21 bits per heavy atom. The average Bonchev–Trinajstić information content (AvgIpc) is 3.06. The van der Waals surface area contributed by atoms with Crippen LogP contribution in [0.1, 0.15) is 30.0 Å². The summed E-state index contributed by atoms with van der Waals surface area (Å²) in [6.07, 6.45) is -5.55. The predicted octanol–water partition coefficient (Wildman–Crippen LogP) is 5.78. The van der Waals surface area contributed by atoms with Crippen LogP contribution >= 0.6 is 23.2 Å². The normalized spacial score (nSPS) is 18.9. The molecular weight excluding hydrogens is 437 g/mol. The number of halogens is 6. The molecule has 1 heterocycles. The molecule has 0 amide bonds. The molecule has 29 heavy (non-hydrogen) atoms. The van der Waals surface area contributed by atoms with Crippen molar-refractivity contribution in [3.8, 4) is 0 Å². The second kappa shape index (κ2) is 7.84. The molecule has 3 rings (SSSR count). The number of benzene rings is 2. The maximum Gasteiger partial charge on any atom is 0.435 e. The lowest BCUT2D eigenvalue weighted by atomic mass is 9.86. The van der Waals surface area contributed by atoms with E-state index < -0.39 is 30.0 Å². The topological polar surface area (TPSA) is 47.9 Å². The maximum absolute atomic E-state index is 14.3. The molecule has 154 valence electrons. The Labute approximate surface area is 173 Å². The van der Waals surface area contributed by atoms with Crippen molar-refractivity contribution in [3.05, 3.63) is 69.0 Å². The van der Waals surface area contributed by atoms with Gasteiger partial charge in [0.1, 0.15) is 12.4 Å². The van der Waals surface area contributed by atoms with E-state index in [2.05, 4.69) is 5.16 Å². The summed E-state index contributed by atoms with van der Waals surface area (Å²) in [6, 6.07) is 7.19. The molecule has 10 heteroatoms. The van der Waals surface area contributed by atoms with Crippen molar-refractivity contribution >= 4 is 34.9 Å². The lowest BCUT2D eigenvalue weighted by molar-refractivity contribution is -0.275. The second-order valence-corrected chi connectivity index (χ2v) is 7.25. The number of carbonyl (C=O) groups is 1. The molecule has 0 spiro atoms. The fourth-order valence-corrected chi connectivity index (χ4v) is 3.39. The van der Waals surface area contributed by atoms with E-state index in [0.717, 1.165) is 18.2 Å². The van der Waals surface area contributed by atoms with Gasteiger partial charge in [-0.3, -0.25) is 4.79 Å². The van der Waals surface area contributed by atoms with Crippen LogP contribution in [0.15, 0.2) is 41.6 Å². The van der Waals surface area contributed by atoms with Crippen molar-refractivity contribution in [2.75, 3.05) is 0 Å². The summed E-state index contributed by atoms with van der Waals surface area (Å²) >= 11 is 11.7. The second-order valence-electron chi connectivity index (χ2n) is 6.38. The molecule has 1 aliphatic rings. The van der Waals surface area contributed by atoms with E-state index in [-0.39, 0.29) is 39.1 Å². The summed E-state index contributed by atoms with van der Waals surface area (Å²) in [6.45, 7) is 0.883. The van der Waals surface area contributed by atoms with Gasteiger partial charge in [-0.15, -0.1) is 0 Å². The van der Waals surface area contributed by atoms with Crippen molar-refractivity contribution < 1.29 is 31.9 Å². The van der Waals surface area contributed by atoms with Gasteiger partial charge in [0.2, 0.25) is 0 Å². The number of hydrogen-bond donors (Lipinski definition) is 0. The number of esters is 1. The van der Waals surface area contributed by atoms with Gasteiger partial charge in [-0.05, 0) is 24.3 Å². The fourth-order valence-electron chi connectivity index (χ4n) is 2.87. The van der Waals surface area contributed by atoms with Crippen molar-refractivity contribution in [3.63, 3.8) is 0 Å². The molecule has 2 aromatic rings. The average molecular weight is 450 g/mol. The highest BCUT2D eigenvalue weighted by Crippen LogP contribution is 2.49. The molecule has 0 bridgehead atoms. The quantitative estimate of drug-likeness (QED) is 0.439. The van der Waals surface area contributed by atoms with Gasteiger partial charge in [0.15, 0.2) is 0 Å². The van der Waals surface area contributed by atoms with Crippen molar-refractivity contribution in [2.24, 2.45) is 5.16 Å². The smallest absolute Gasteiger partial charge is 0.435 e. The minimum atomic E-state index is -4.85. The number of oxime groups is 1. The molecule has 0 radical (unpaired) electrons. The van der Waals surface area contributed by atoms with E-state index in [1.165, 1.54) is 25.1 Å². The van der Waals surface area contributed by atoms with Crippen LogP contribution in [0.5, 0.6) is 0 Å². The van der Waals surface area contributed by atoms with Gasteiger partial charge in [0.05, 0.1) is 5.71 Å². The highest BCUT2D eigenvalue weighted by Gasteiger charge is 2.62. The Morgan fingerprint density at radius 2 is 1.86 bits per heavy atom. The monoisotopic (exact) mass is 449 g/mol. The van der Waals surface area contributed by atoms with Crippen LogP contribution in [0.4, 0.5) is 17.6 Å². The first-order chi connectivity index (χ1) is 13.5. The van der Waals surface area contributed by atoms with Crippen molar-refractivity contribution in [2.45, 2.75) is 31.7 Å². The number of hydrogen-bond acceptors (Lipinski definition) is 4. The van der Waals surface area contributed by atoms with Crippen LogP contribution in [0.25, 0.3) is 0 Å². The van der Waals surface area contributed by atoms with E-state index in [9.17, 15) is 22.4 Å². The SMILES string of the molecule is CC(=O)OCc1ccc(C2=NOC(c3cc(Cl)cc(Cl)c3)(C(F)(F)F)C2)cc1F. The molecular formula is C19H13Cl2F4NO3. The summed E-state index contributed by atoms with van der Waals surface area (Å²) in [5.74, 6) is -1.33. The first-order valence-electron chi connectivity index (χ1n) is 8.22. The maximum atomic E-state index is 14.3. The number of rotatable bonds is 4. The van der Waals surface area contributed by atoms with Gasteiger partial charge in [0.25, 0.3) is 5.60 Å². The molecule has 0 saturated carbocycles. The molecule has 0 aliphatic carbocycles. The first-order valence-corrected chi connectivity index (χ1v) is 8.98. The van der Waals surface area contributed by atoms with Crippen LogP contribution in [-0.2, 0) is 26.6 Å². The van der Waals surface area contributed by atoms with E-state index in [1.54, 1.807) is 0 Å². The Bertz CT molecular complexity index is 974. The molecule has 1 atom stereocenters. The van der Waals surface area contributed by atoms with Crippen LogP contribution < -0.4 is 0 Å². The highest BCUT2D eigenvalue weighted by molar-refractivity contribution is 6.34. The lowest BCUT2D eigenvalue weighted by Crippen LogP contribution is -2.42. The minimum absolute atomic E-state index is 0.00837. The molecule has 2 aromatic carbocycles. The molecule has 1 unspecified atom stereocenters. The number of nitrogens with zero attached hydrogens (tertiary/aromatic N) is 1. The van der Waals surface area contributed by atoms with Crippen LogP contribution in [0, 0.1) is 5.82 Å². The number of carbonyl (C=O) groups excluding carboxylic acids is 1. The van der Waals surface area contributed by atoms with Crippen molar-refractivity contribution in [1.29, 1.82) is 0 Å². The number of ether oxygens (including phenoxy) is 1. The molecule has 0 fully saturated rings. The Hall–Kier alpha value is -2.32. The Morgan fingerprint density at radius 3 is 2.41 bits per heavy atom. The zero-order chi connectivity index (χ0) is 21.4. The Balaban J connectivity index is 1.93. The summed E-state index contributed by atoms with van der Waals surface area (Å²) in [7, 11) is 0. The van der Waals surface area contributed by atoms with E-state index in [0.29, 0.717) is 0 Å². The van der Waals surface area contributed by atoms with Gasteiger partial charge >= 0.3 is 12.1 Å². The number of alkyl halides is 3. The summed E-state index contributed by atoms with van der Waals surface area (Å²) < 4.78 is 60.9. The molecule has 0 N–H and O–H groups in total. The summed E-state index contributed by atoms with van der Waals surface area (Å²) in [5, 5.41) is 3.58. The van der Waals surface area contributed by atoms with Crippen LogP contribution in [0.2, 0.25) is 10.0 Å². The Kier molecular flexibility index (Phi) is 5.78. The van der Waals surface area contributed by atoms with E-state index in [4.69, 9.17) is 32.8 Å². The van der Waals surface area contributed by atoms with Gasteiger partial charge < -0.3 is 9.57 Å². The molecule has 0 saturated heterocycles. The van der Waals surface area contributed by atoms with Gasteiger partial charge in [0, 0.05) is 40.1 Å². The van der Waals surface area contributed by atoms with Crippen LogP contribution in [-0.4, -0.2) is 17.9 Å². The van der Waals surface area contributed by atoms with Gasteiger partial charge in [-0.25, -0.2) is 4.39 Å². The highest BCUT2D eigenvalue weighted by atomic mass is 35.5. The minimum Gasteiger partial charge on any atom is -0.461 e. The summed E-state index contributed by atoms with van der Waals surface area (Å²) in [4.78, 5) is 15.7. The zero-order valence-electron chi connectivity index (χ0n) is 14.8. The third-order valence-corrected chi connectivity index (χ3v) is 4.77. The standard InChI is InChI=1S/C19H13Cl2F4NO3/c1-10(27)28-9-12-3-2-11(4-16(12)22)17-8-18(29-26-17,19(23,24)25)13-5-14(20)7-15(21)6-13/h2-7H,8-9H2,1H3. The molecule has 1 aliphatic heterocycles. The predicted molar refractivity (Wildman–Crippen MR) is 98.3 cm³/mol. The fraction of sp³-hybridized carbons (Fsp3) is 0.263. The molecule has 0 aromatic heterocycles.